The van der Waals surface area contributed by atoms with Crippen LogP contribution in [0.15, 0.2) is 24.3 Å². The van der Waals surface area contributed by atoms with E-state index in [1.54, 1.807) is 17.0 Å². The molecule has 23 heavy (non-hydrogen) atoms. The van der Waals surface area contributed by atoms with Crippen LogP contribution >= 0.6 is 11.6 Å². The smallest absolute Gasteiger partial charge is 0.245 e. The van der Waals surface area contributed by atoms with Crippen molar-refractivity contribution >= 4 is 23.4 Å². The zero-order chi connectivity index (χ0) is 16.2. The number of morpholine rings is 1. The van der Waals surface area contributed by atoms with Crippen molar-refractivity contribution < 1.29 is 14.3 Å². The molecule has 6 heteroatoms. The van der Waals surface area contributed by atoms with Crippen molar-refractivity contribution in [2.45, 2.75) is 25.3 Å². The molecule has 0 unspecified atom stereocenters. The number of likely N-dealkylation sites (tertiary alicyclic amines) is 1. The van der Waals surface area contributed by atoms with Gasteiger partial charge in [-0.05, 0) is 30.5 Å². The molecule has 0 radical (unpaired) electrons. The van der Waals surface area contributed by atoms with Gasteiger partial charge in [0.15, 0.2) is 0 Å². The average Bonchev–Trinajstić information content (AvgIpc) is 3.07. The molecule has 2 fully saturated rings. The second-order valence-corrected chi connectivity index (χ2v) is 6.42. The molecule has 0 bridgehead atoms. The van der Waals surface area contributed by atoms with Gasteiger partial charge in [-0.15, -0.1) is 0 Å². The Kier molecular flexibility index (Phi) is 5.18. The van der Waals surface area contributed by atoms with Crippen molar-refractivity contribution in [2.24, 2.45) is 0 Å². The maximum Gasteiger partial charge on any atom is 0.245 e. The molecule has 5 nitrogen and oxygen atoms in total. The minimum atomic E-state index is -0.312. The third-order valence-corrected chi connectivity index (χ3v) is 4.70. The molecule has 1 aromatic carbocycles. The van der Waals surface area contributed by atoms with Crippen molar-refractivity contribution in [3.05, 3.63) is 34.9 Å². The van der Waals surface area contributed by atoms with E-state index in [1.165, 1.54) is 0 Å². The first kappa shape index (κ1) is 16.3. The van der Waals surface area contributed by atoms with Gasteiger partial charge in [-0.2, -0.15) is 0 Å². The second-order valence-electron chi connectivity index (χ2n) is 5.99. The lowest BCUT2D eigenvalue weighted by Crippen LogP contribution is -2.51. The van der Waals surface area contributed by atoms with Crippen LogP contribution in [0.3, 0.4) is 0 Å². The lowest BCUT2D eigenvalue weighted by Gasteiger charge is -2.32. The Bertz CT molecular complexity index is 570. The molecule has 2 saturated heterocycles. The van der Waals surface area contributed by atoms with Gasteiger partial charge in [0.1, 0.15) is 6.04 Å². The van der Waals surface area contributed by atoms with Crippen LogP contribution in [-0.2, 0) is 20.7 Å². The zero-order valence-corrected chi connectivity index (χ0v) is 13.8. The van der Waals surface area contributed by atoms with E-state index in [4.69, 9.17) is 16.3 Å². The van der Waals surface area contributed by atoms with Gasteiger partial charge in [0.05, 0.1) is 19.6 Å². The van der Waals surface area contributed by atoms with E-state index in [0.717, 1.165) is 18.4 Å². The molecular formula is C17H21ClN2O3. The van der Waals surface area contributed by atoms with Crippen LogP contribution < -0.4 is 0 Å². The van der Waals surface area contributed by atoms with Gasteiger partial charge in [-0.25, -0.2) is 0 Å². The topological polar surface area (TPSA) is 49.9 Å². The predicted octanol–water partition coefficient (Wildman–Crippen LogP) is 1.73. The number of hydrogen-bond donors (Lipinski definition) is 0. The van der Waals surface area contributed by atoms with Crippen molar-refractivity contribution in [3.8, 4) is 0 Å². The van der Waals surface area contributed by atoms with E-state index >= 15 is 0 Å². The summed E-state index contributed by atoms with van der Waals surface area (Å²) in [4.78, 5) is 28.8. The van der Waals surface area contributed by atoms with Crippen LogP contribution in [0.1, 0.15) is 18.4 Å². The Balaban J connectivity index is 1.64. The minimum Gasteiger partial charge on any atom is -0.378 e. The molecule has 2 aliphatic rings. The summed E-state index contributed by atoms with van der Waals surface area (Å²) in [6.45, 7) is 3.06. The van der Waals surface area contributed by atoms with Gasteiger partial charge in [-0.1, -0.05) is 23.7 Å². The van der Waals surface area contributed by atoms with Crippen LogP contribution in [0.25, 0.3) is 0 Å². The molecule has 1 aromatic rings. The first-order chi connectivity index (χ1) is 11.1. The number of hydrogen-bond acceptors (Lipinski definition) is 3. The highest BCUT2D eigenvalue weighted by Gasteiger charge is 2.36. The quantitative estimate of drug-likeness (QED) is 0.844. The molecule has 124 valence electrons. The van der Waals surface area contributed by atoms with Gasteiger partial charge < -0.3 is 14.5 Å². The summed E-state index contributed by atoms with van der Waals surface area (Å²) in [6.07, 6.45) is 1.94. The van der Waals surface area contributed by atoms with E-state index < -0.39 is 0 Å². The number of benzene rings is 1. The van der Waals surface area contributed by atoms with Gasteiger partial charge in [0, 0.05) is 24.7 Å². The standard InChI is InChI=1S/C17H21ClN2O3/c18-14-5-3-13(4-6-14)12-16(21)20-7-1-2-15(20)17(22)19-8-10-23-11-9-19/h3-6,15H,1-2,7-12H2/t15-/m0/s1. The van der Waals surface area contributed by atoms with E-state index in [0.29, 0.717) is 44.3 Å². The Morgan fingerprint density at radius 2 is 1.83 bits per heavy atom. The molecule has 2 aliphatic heterocycles. The normalized spacial score (nSPS) is 21.5. The van der Waals surface area contributed by atoms with Crippen LogP contribution in [0.4, 0.5) is 0 Å². The van der Waals surface area contributed by atoms with Crippen LogP contribution in [0.5, 0.6) is 0 Å². The fraction of sp³-hybridized carbons (Fsp3) is 0.529. The number of carbonyl (C=O) groups is 2. The minimum absolute atomic E-state index is 0.0106. The summed E-state index contributed by atoms with van der Waals surface area (Å²) >= 11 is 5.87. The van der Waals surface area contributed by atoms with Crippen molar-refractivity contribution in [2.75, 3.05) is 32.8 Å². The summed E-state index contributed by atoms with van der Waals surface area (Å²) in [5.74, 6) is 0.0756. The highest BCUT2D eigenvalue weighted by atomic mass is 35.5. The maximum atomic E-state index is 12.7. The highest BCUT2D eigenvalue weighted by molar-refractivity contribution is 6.30. The Morgan fingerprint density at radius 1 is 1.13 bits per heavy atom. The molecule has 0 saturated carbocycles. The molecule has 2 amide bonds. The van der Waals surface area contributed by atoms with Crippen LogP contribution in [-0.4, -0.2) is 60.5 Å². The summed E-state index contributed by atoms with van der Waals surface area (Å²) < 4.78 is 5.29. The third kappa shape index (κ3) is 3.85. The summed E-state index contributed by atoms with van der Waals surface area (Å²) in [7, 11) is 0. The first-order valence-electron chi connectivity index (χ1n) is 8.05. The van der Waals surface area contributed by atoms with E-state index in [2.05, 4.69) is 0 Å². The van der Waals surface area contributed by atoms with E-state index in [-0.39, 0.29) is 17.9 Å². The molecule has 3 rings (SSSR count). The zero-order valence-electron chi connectivity index (χ0n) is 13.0. The monoisotopic (exact) mass is 336 g/mol. The fourth-order valence-electron chi connectivity index (χ4n) is 3.19. The lowest BCUT2D eigenvalue weighted by atomic mass is 10.1. The summed E-state index contributed by atoms with van der Waals surface area (Å²) in [5.41, 5.74) is 0.920. The SMILES string of the molecule is O=C([C@@H]1CCCN1C(=O)Cc1ccc(Cl)cc1)N1CCOCC1. The van der Waals surface area contributed by atoms with Gasteiger partial charge in [0.25, 0.3) is 0 Å². The number of rotatable bonds is 3. The van der Waals surface area contributed by atoms with Crippen LogP contribution in [0.2, 0.25) is 5.02 Å². The number of halogens is 1. The number of carbonyl (C=O) groups excluding carboxylic acids is 2. The molecule has 0 spiro atoms. The maximum absolute atomic E-state index is 12.7. The Hall–Kier alpha value is -1.59. The van der Waals surface area contributed by atoms with Gasteiger partial charge >= 0.3 is 0 Å². The van der Waals surface area contributed by atoms with E-state index in [1.807, 2.05) is 17.0 Å². The molecule has 0 aromatic heterocycles. The van der Waals surface area contributed by atoms with E-state index in [9.17, 15) is 9.59 Å². The van der Waals surface area contributed by atoms with Crippen molar-refractivity contribution in [1.82, 2.24) is 9.80 Å². The van der Waals surface area contributed by atoms with Gasteiger partial charge in [0.2, 0.25) is 11.8 Å². The highest BCUT2D eigenvalue weighted by Crippen LogP contribution is 2.21. The third-order valence-electron chi connectivity index (χ3n) is 4.45. The summed E-state index contributed by atoms with van der Waals surface area (Å²) in [5, 5.41) is 0.655. The molecule has 1 atom stereocenters. The molecular weight excluding hydrogens is 316 g/mol. The van der Waals surface area contributed by atoms with Crippen LogP contribution in [0, 0.1) is 0 Å². The summed E-state index contributed by atoms with van der Waals surface area (Å²) in [6, 6.07) is 6.96. The predicted molar refractivity (Wildman–Crippen MR) is 87.3 cm³/mol. The molecule has 2 heterocycles. The lowest BCUT2D eigenvalue weighted by molar-refractivity contribution is -0.146. The number of nitrogens with zero attached hydrogens (tertiary/aromatic N) is 2. The van der Waals surface area contributed by atoms with Gasteiger partial charge in [-0.3, -0.25) is 9.59 Å². The molecule has 0 aliphatic carbocycles. The average molecular weight is 337 g/mol. The van der Waals surface area contributed by atoms with Crippen molar-refractivity contribution in [1.29, 1.82) is 0 Å². The molecule has 0 N–H and O–H groups in total. The Labute approximate surface area is 141 Å². The Morgan fingerprint density at radius 3 is 2.52 bits per heavy atom. The number of ether oxygens (including phenoxy) is 1. The first-order valence-corrected chi connectivity index (χ1v) is 8.43. The largest absolute Gasteiger partial charge is 0.378 e. The second kappa shape index (κ2) is 7.32. The fourth-order valence-corrected chi connectivity index (χ4v) is 3.32. The van der Waals surface area contributed by atoms with Crippen molar-refractivity contribution in [3.63, 3.8) is 0 Å². The number of amides is 2.